The lowest BCUT2D eigenvalue weighted by atomic mass is 10.0. The number of anilines is 1. The van der Waals surface area contributed by atoms with E-state index in [4.69, 9.17) is 4.74 Å². The van der Waals surface area contributed by atoms with E-state index in [-0.39, 0.29) is 12.2 Å². The Bertz CT molecular complexity index is 916. The summed E-state index contributed by atoms with van der Waals surface area (Å²) in [6, 6.07) is 6.83. The molecule has 7 heteroatoms. The molecule has 7 nitrogen and oxygen atoms in total. The van der Waals surface area contributed by atoms with Crippen molar-refractivity contribution in [2.24, 2.45) is 0 Å². The zero-order valence-corrected chi connectivity index (χ0v) is 19.0. The molecule has 3 heterocycles. The van der Waals surface area contributed by atoms with E-state index in [1.54, 1.807) is 12.4 Å². The summed E-state index contributed by atoms with van der Waals surface area (Å²) in [5.74, 6) is 0. The Hall–Kier alpha value is -2.27. The summed E-state index contributed by atoms with van der Waals surface area (Å²) in [5, 5.41) is 9.43. The van der Waals surface area contributed by atoms with Crippen LogP contribution in [0.5, 0.6) is 0 Å². The topological polar surface area (TPSA) is 68.5 Å². The van der Waals surface area contributed by atoms with Gasteiger partial charge in [0.1, 0.15) is 17.1 Å². The van der Waals surface area contributed by atoms with Gasteiger partial charge in [-0.05, 0) is 58.1 Å². The van der Waals surface area contributed by atoms with E-state index in [2.05, 4.69) is 51.5 Å². The number of benzene rings is 1. The summed E-state index contributed by atoms with van der Waals surface area (Å²) < 4.78 is 6.33. The average Bonchev–Trinajstić information content (AvgIpc) is 2.80. The molecule has 2 aliphatic heterocycles. The van der Waals surface area contributed by atoms with Crippen LogP contribution in [0.25, 0.3) is 11.0 Å². The highest BCUT2D eigenvalue weighted by Gasteiger charge is 2.30. The number of aromatic nitrogens is 2. The molecule has 2 aliphatic rings. The third-order valence-corrected chi connectivity index (χ3v) is 6.74. The Morgan fingerprint density at radius 1 is 1.10 bits per heavy atom. The normalized spacial score (nSPS) is 23.4. The third-order valence-electron chi connectivity index (χ3n) is 6.74. The predicted octanol–water partition coefficient (Wildman–Crippen LogP) is 2.90. The minimum absolute atomic E-state index is 0.148. The fraction of sp³-hybridized carbons (Fsp3) is 0.625. The van der Waals surface area contributed by atoms with Gasteiger partial charge >= 0.3 is 0 Å². The van der Waals surface area contributed by atoms with Gasteiger partial charge in [0.25, 0.3) is 0 Å². The van der Waals surface area contributed by atoms with Gasteiger partial charge in [0.05, 0.1) is 23.5 Å². The van der Waals surface area contributed by atoms with Crippen LogP contribution in [0.3, 0.4) is 0 Å². The molecule has 0 bridgehead atoms. The van der Waals surface area contributed by atoms with Crippen LogP contribution in [-0.4, -0.2) is 83.8 Å². The molecular weight excluding hydrogens is 388 g/mol. The van der Waals surface area contributed by atoms with Crippen molar-refractivity contribution in [2.75, 3.05) is 50.7 Å². The van der Waals surface area contributed by atoms with E-state index in [1.807, 2.05) is 12.1 Å². The molecule has 166 valence electrons. The second-order valence-corrected chi connectivity index (χ2v) is 8.72. The summed E-state index contributed by atoms with van der Waals surface area (Å²) in [6.07, 6.45) is 6.14. The number of nitriles is 1. The van der Waals surface area contributed by atoms with Crippen LogP contribution in [0.1, 0.15) is 39.2 Å². The van der Waals surface area contributed by atoms with Crippen molar-refractivity contribution in [3.8, 4) is 6.07 Å². The first-order valence-electron chi connectivity index (χ1n) is 11.6. The van der Waals surface area contributed by atoms with Crippen molar-refractivity contribution < 1.29 is 4.74 Å². The van der Waals surface area contributed by atoms with Crippen LogP contribution in [0.4, 0.5) is 5.69 Å². The molecule has 1 aromatic carbocycles. The van der Waals surface area contributed by atoms with Crippen LogP contribution < -0.4 is 4.90 Å². The molecule has 2 fully saturated rings. The van der Waals surface area contributed by atoms with E-state index in [9.17, 15) is 5.26 Å². The molecular formula is C24H34N6O. The Morgan fingerprint density at radius 3 is 2.48 bits per heavy atom. The lowest BCUT2D eigenvalue weighted by Gasteiger charge is -2.42. The largest absolute Gasteiger partial charge is 0.370 e. The molecule has 2 saturated heterocycles. The maximum absolute atomic E-state index is 9.43. The summed E-state index contributed by atoms with van der Waals surface area (Å²) in [4.78, 5) is 16.5. The van der Waals surface area contributed by atoms with E-state index in [1.165, 1.54) is 12.8 Å². The Morgan fingerprint density at radius 2 is 1.81 bits per heavy atom. The number of hydrogen-bond acceptors (Lipinski definition) is 7. The molecule has 31 heavy (non-hydrogen) atoms. The van der Waals surface area contributed by atoms with E-state index < -0.39 is 0 Å². The number of piperidine rings is 1. The fourth-order valence-corrected chi connectivity index (χ4v) is 5.23. The Kier molecular flexibility index (Phi) is 7.01. The third kappa shape index (κ3) is 4.82. The first-order chi connectivity index (χ1) is 15.1. The van der Waals surface area contributed by atoms with Crippen molar-refractivity contribution >= 4 is 16.7 Å². The van der Waals surface area contributed by atoms with Crippen LogP contribution in [-0.2, 0) is 4.74 Å². The van der Waals surface area contributed by atoms with Gasteiger partial charge in [0, 0.05) is 38.1 Å². The molecule has 0 radical (unpaired) electrons. The number of fused-ring (bicyclic) bond motifs is 1. The van der Waals surface area contributed by atoms with Crippen LogP contribution >= 0.6 is 0 Å². The number of hydrogen-bond donors (Lipinski definition) is 0. The second kappa shape index (κ2) is 9.90. The fourth-order valence-electron chi connectivity index (χ4n) is 5.23. The zero-order chi connectivity index (χ0) is 21.8. The molecule has 4 rings (SSSR count). The smallest absolute Gasteiger partial charge is 0.113 e. The average molecular weight is 423 g/mol. The van der Waals surface area contributed by atoms with Gasteiger partial charge in [-0.15, -0.1) is 0 Å². The lowest BCUT2D eigenvalue weighted by molar-refractivity contribution is -0.0374. The summed E-state index contributed by atoms with van der Waals surface area (Å²) in [7, 11) is 0. The summed E-state index contributed by atoms with van der Waals surface area (Å²) in [5.41, 5.74) is 3.09. The molecule has 2 aromatic rings. The maximum atomic E-state index is 9.43. The van der Waals surface area contributed by atoms with Crippen molar-refractivity contribution in [1.29, 1.82) is 5.26 Å². The number of ether oxygens (including phenoxy) is 1. The van der Waals surface area contributed by atoms with Gasteiger partial charge in [-0.2, -0.15) is 5.26 Å². The number of likely N-dealkylation sites (tertiary alicyclic amines) is 1. The first-order valence-corrected chi connectivity index (χ1v) is 11.6. The van der Waals surface area contributed by atoms with Gasteiger partial charge in [-0.25, -0.2) is 0 Å². The van der Waals surface area contributed by atoms with Crippen molar-refractivity contribution in [1.82, 2.24) is 19.8 Å². The molecule has 0 unspecified atom stereocenters. The summed E-state index contributed by atoms with van der Waals surface area (Å²) in [6.45, 7) is 13.8. The van der Waals surface area contributed by atoms with Crippen molar-refractivity contribution in [3.63, 3.8) is 0 Å². The molecule has 1 aromatic heterocycles. The van der Waals surface area contributed by atoms with Crippen molar-refractivity contribution in [2.45, 2.75) is 51.9 Å². The maximum Gasteiger partial charge on any atom is 0.113 e. The molecule has 0 spiro atoms. The highest BCUT2D eigenvalue weighted by atomic mass is 16.5. The molecule has 0 amide bonds. The van der Waals surface area contributed by atoms with Gasteiger partial charge in [-0.1, -0.05) is 13.8 Å². The van der Waals surface area contributed by atoms with Crippen LogP contribution in [0.2, 0.25) is 0 Å². The monoisotopic (exact) mass is 422 g/mol. The van der Waals surface area contributed by atoms with Gasteiger partial charge in [0.15, 0.2) is 0 Å². The van der Waals surface area contributed by atoms with E-state index in [0.29, 0.717) is 11.1 Å². The molecule has 0 N–H and O–H groups in total. The predicted molar refractivity (Wildman–Crippen MR) is 123 cm³/mol. The van der Waals surface area contributed by atoms with Gasteiger partial charge < -0.3 is 19.4 Å². The van der Waals surface area contributed by atoms with Gasteiger partial charge in [0.2, 0.25) is 0 Å². The van der Waals surface area contributed by atoms with E-state index >= 15 is 0 Å². The number of nitrogens with zero attached hydrogens (tertiary/aromatic N) is 6. The molecule has 2 atom stereocenters. The molecule has 0 aliphatic carbocycles. The second-order valence-electron chi connectivity index (χ2n) is 8.72. The van der Waals surface area contributed by atoms with Crippen molar-refractivity contribution in [3.05, 3.63) is 30.1 Å². The summed E-state index contributed by atoms with van der Waals surface area (Å²) >= 11 is 0. The number of rotatable bonds is 6. The minimum atomic E-state index is 0.148. The highest BCUT2D eigenvalue weighted by molar-refractivity contribution is 5.92. The van der Waals surface area contributed by atoms with E-state index in [0.717, 1.165) is 63.1 Å². The quantitative estimate of drug-likeness (QED) is 0.709. The standard InChI is InChI=1S/C24H34N6O/c1-4-29(5-2)20-8-12-28(13-9-20)16-21-17-30(15-18(3)31-21)22-7-6-19(14-25)23-24(22)27-11-10-26-23/h6-7,10-11,18,20-21H,4-5,8-9,12-13,15-17H2,1-3H3/t18-,21+/m1/s1. The number of morpholine rings is 1. The Balaban J connectivity index is 1.44. The lowest BCUT2D eigenvalue weighted by Crippen LogP contribution is -2.53. The highest BCUT2D eigenvalue weighted by Crippen LogP contribution is 2.29. The minimum Gasteiger partial charge on any atom is -0.370 e. The zero-order valence-electron chi connectivity index (χ0n) is 19.0. The van der Waals surface area contributed by atoms with Gasteiger partial charge in [-0.3, -0.25) is 9.97 Å². The Labute approximate surface area is 185 Å². The molecule has 0 saturated carbocycles. The SMILES string of the molecule is CCN(CC)C1CCN(C[C@H]2CN(c3ccc(C#N)c4nccnc34)C[C@@H](C)O2)CC1. The van der Waals surface area contributed by atoms with Crippen LogP contribution in [0.15, 0.2) is 24.5 Å². The van der Waals surface area contributed by atoms with Crippen LogP contribution in [0, 0.1) is 11.3 Å². The first kappa shape index (κ1) is 21.9.